The zero-order chi connectivity index (χ0) is 15.4. The van der Waals surface area contributed by atoms with Gasteiger partial charge in [0, 0.05) is 6.54 Å². The van der Waals surface area contributed by atoms with Gasteiger partial charge in [-0.3, -0.25) is 0 Å². The van der Waals surface area contributed by atoms with E-state index in [0.717, 1.165) is 29.2 Å². The van der Waals surface area contributed by atoms with Crippen LogP contribution in [0.5, 0.6) is 11.5 Å². The van der Waals surface area contributed by atoms with Crippen LogP contribution >= 0.6 is 0 Å². The predicted molar refractivity (Wildman–Crippen MR) is 89.3 cm³/mol. The third kappa shape index (κ3) is 3.85. The van der Waals surface area contributed by atoms with Crippen LogP contribution in [0.4, 0.5) is 0 Å². The Kier molecular flexibility index (Phi) is 5.03. The molecule has 21 heavy (non-hydrogen) atoms. The molecule has 0 bridgehead atoms. The highest BCUT2D eigenvalue weighted by Crippen LogP contribution is 2.31. The summed E-state index contributed by atoms with van der Waals surface area (Å²) in [5.74, 6) is 2.39. The molecular weight excluding hydrogens is 258 g/mol. The summed E-state index contributed by atoms with van der Waals surface area (Å²) in [6.45, 7) is 9.43. The largest absolute Gasteiger partial charge is 0.457 e. The first-order chi connectivity index (χ1) is 10.0. The molecular formula is C19H25NO. The number of hydrogen-bond donors (Lipinski definition) is 1. The fraction of sp³-hybridized carbons (Fsp3) is 0.368. The molecule has 1 N–H and O–H groups in total. The maximum absolute atomic E-state index is 6.19. The fourth-order valence-electron chi connectivity index (χ4n) is 2.27. The Morgan fingerprint density at radius 3 is 2.19 bits per heavy atom. The van der Waals surface area contributed by atoms with Gasteiger partial charge in [0.1, 0.15) is 11.5 Å². The van der Waals surface area contributed by atoms with Crippen molar-refractivity contribution in [3.05, 3.63) is 58.7 Å². The van der Waals surface area contributed by atoms with Gasteiger partial charge >= 0.3 is 0 Å². The molecule has 2 nitrogen and oxygen atoms in total. The number of benzene rings is 2. The molecule has 0 atom stereocenters. The Morgan fingerprint density at radius 2 is 1.57 bits per heavy atom. The van der Waals surface area contributed by atoms with Gasteiger partial charge in [0.25, 0.3) is 0 Å². The minimum Gasteiger partial charge on any atom is -0.457 e. The van der Waals surface area contributed by atoms with Gasteiger partial charge in [0.2, 0.25) is 0 Å². The van der Waals surface area contributed by atoms with E-state index in [4.69, 9.17) is 4.74 Å². The van der Waals surface area contributed by atoms with Crippen LogP contribution < -0.4 is 10.1 Å². The van der Waals surface area contributed by atoms with Gasteiger partial charge < -0.3 is 10.1 Å². The van der Waals surface area contributed by atoms with Gasteiger partial charge in [-0.25, -0.2) is 0 Å². The molecule has 0 aliphatic heterocycles. The third-order valence-electron chi connectivity index (χ3n) is 3.73. The SMILES string of the molecule is CNCc1ccc(C)c(Oc2cc(C(C)C)ccc2C)c1. The van der Waals surface area contributed by atoms with Crippen molar-refractivity contribution in [2.24, 2.45) is 0 Å². The molecule has 2 rings (SSSR count). The molecule has 0 fully saturated rings. The molecule has 0 aliphatic carbocycles. The standard InChI is InChI=1S/C19H25NO/c1-13(2)17-9-7-15(4)19(11-17)21-18-10-16(12-20-5)8-6-14(18)3/h6-11,13,20H,12H2,1-5H3. The van der Waals surface area contributed by atoms with Crippen LogP contribution in [0, 0.1) is 13.8 Å². The number of nitrogens with one attached hydrogen (secondary N) is 1. The zero-order valence-corrected chi connectivity index (χ0v) is 13.7. The summed E-state index contributed by atoms with van der Waals surface area (Å²) in [4.78, 5) is 0. The molecule has 0 saturated carbocycles. The summed E-state index contributed by atoms with van der Waals surface area (Å²) in [7, 11) is 1.96. The van der Waals surface area contributed by atoms with Crippen LogP contribution in [0.25, 0.3) is 0 Å². The summed E-state index contributed by atoms with van der Waals surface area (Å²) in [6.07, 6.45) is 0. The maximum atomic E-state index is 6.19. The summed E-state index contributed by atoms with van der Waals surface area (Å²) in [5, 5.41) is 3.17. The highest BCUT2D eigenvalue weighted by atomic mass is 16.5. The number of rotatable bonds is 5. The van der Waals surface area contributed by atoms with Gasteiger partial charge in [-0.15, -0.1) is 0 Å². The number of ether oxygens (including phenoxy) is 1. The third-order valence-corrected chi connectivity index (χ3v) is 3.73. The lowest BCUT2D eigenvalue weighted by atomic mass is 10.0. The van der Waals surface area contributed by atoms with Crippen molar-refractivity contribution < 1.29 is 4.74 Å². The average molecular weight is 283 g/mol. The normalized spacial score (nSPS) is 11.0. The van der Waals surface area contributed by atoms with Crippen molar-refractivity contribution in [2.45, 2.75) is 40.2 Å². The average Bonchev–Trinajstić information content (AvgIpc) is 2.45. The molecule has 0 amide bonds. The Balaban J connectivity index is 2.33. The fourth-order valence-corrected chi connectivity index (χ4v) is 2.27. The quantitative estimate of drug-likeness (QED) is 0.839. The van der Waals surface area contributed by atoms with Crippen LogP contribution in [-0.2, 0) is 6.54 Å². The van der Waals surface area contributed by atoms with Crippen LogP contribution in [-0.4, -0.2) is 7.05 Å². The molecule has 112 valence electrons. The van der Waals surface area contributed by atoms with Crippen LogP contribution in [0.2, 0.25) is 0 Å². The van der Waals surface area contributed by atoms with Crippen molar-refractivity contribution in [3.8, 4) is 11.5 Å². The maximum Gasteiger partial charge on any atom is 0.130 e. The Morgan fingerprint density at radius 1 is 0.952 bits per heavy atom. The van der Waals surface area contributed by atoms with Crippen LogP contribution in [0.15, 0.2) is 36.4 Å². The number of hydrogen-bond acceptors (Lipinski definition) is 2. The molecule has 0 heterocycles. The zero-order valence-electron chi connectivity index (χ0n) is 13.7. The van der Waals surface area contributed by atoms with E-state index >= 15 is 0 Å². The molecule has 2 aromatic rings. The Hall–Kier alpha value is -1.80. The van der Waals surface area contributed by atoms with Gasteiger partial charge in [-0.2, -0.15) is 0 Å². The molecule has 0 aromatic heterocycles. The highest BCUT2D eigenvalue weighted by Gasteiger charge is 2.08. The summed E-state index contributed by atoms with van der Waals surface area (Å²) >= 11 is 0. The van der Waals surface area contributed by atoms with E-state index in [1.807, 2.05) is 7.05 Å². The Bertz CT molecular complexity index is 617. The lowest BCUT2D eigenvalue weighted by molar-refractivity contribution is 0.473. The van der Waals surface area contributed by atoms with Crippen molar-refractivity contribution in [3.63, 3.8) is 0 Å². The topological polar surface area (TPSA) is 21.3 Å². The van der Waals surface area contributed by atoms with E-state index in [-0.39, 0.29) is 0 Å². The van der Waals surface area contributed by atoms with E-state index in [2.05, 4.69) is 69.4 Å². The highest BCUT2D eigenvalue weighted by molar-refractivity contribution is 5.44. The van der Waals surface area contributed by atoms with Crippen molar-refractivity contribution >= 4 is 0 Å². The van der Waals surface area contributed by atoms with E-state index in [9.17, 15) is 0 Å². The molecule has 0 saturated heterocycles. The molecule has 2 aromatic carbocycles. The van der Waals surface area contributed by atoms with Crippen molar-refractivity contribution in [2.75, 3.05) is 7.05 Å². The molecule has 0 aliphatic rings. The molecule has 0 unspecified atom stereocenters. The van der Waals surface area contributed by atoms with Gasteiger partial charge in [0.15, 0.2) is 0 Å². The first-order valence-electron chi connectivity index (χ1n) is 7.53. The molecule has 2 heteroatoms. The van der Waals surface area contributed by atoms with Crippen molar-refractivity contribution in [1.29, 1.82) is 0 Å². The first kappa shape index (κ1) is 15.6. The van der Waals surface area contributed by atoms with E-state index in [0.29, 0.717) is 5.92 Å². The second-order valence-electron chi connectivity index (χ2n) is 5.91. The summed E-state index contributed by atoms with van der Waals surface area (Å²) in [6, 6.07) is 12.8. The summed E-state index contributed by atoms with van der Waals surface area (Å²) < 4.78 is 6.19. The van der Waals surface area contributed by atoms with Gasteiger partial charge in [0.05, 0.1) is 0 Å². The van der Waals surface area contributed by atoms with Crippen molar-refractivity contribution in [1.82, 2.24) is 5.32 Å². The minimum atomic E-state index is 0.504. The van der Waals surface area contributed by atoms with Gasteiger partial charge in [-0.1, -0.05) is 38.1 Å². The number of aryl methyl sites for hydroxylation is 2. The second kappa shape index (κ2) is 6.77. The van der Waals surface area contributed by atoms with E-state index < -0.39 is 0 Å². The van der Waals surface area contributed by atoms with Gasteiger partial charge in [-0.05, 0) is 61.2 Å². The summed E-state index contributed by atoms with van der Waals surface area (Å²) in [5.41, 5.74) is 4.86. The predicted octanol–water partition coefficient (Wildman–Crippen LogP) is 4.94. The second-order valence-corrected chi connectivity index (χ2v) is 5.91. The molecule has 0 spiro atoms. The first-order valence-corrected chi connectivity index (χ1v) is 7.53. The Labute approximate surface area is 128 Å². The van der Waals surface area contributed by atoms with Crippen LogP contribution in [0.3, 0.4) is 0 Å². The lowest BCUT2D eigenvalue weighted by Crippen LogP contribution is -2.05. The lowest BCUT2D eigenvalue weighted by Gasteiger charge is -2.15. The monoisotopic (exact) mass is 283 g/mol. The van der Waals surface area contributed by atoms with E-state index in [1.54, 1.807) is 0 Å². The van der Waals surface area contributed by atoms with E-state index in [1.165, 1.54) is 11.1 Å². The smallest absolute Gasteiger partial charge is 0.130 e. The van der Waals surface area contributed by atoms with Crippen LogP contribution in [0.1, 0.15) is 42.0 Å². The molecule has 0 radical (unpaired) electrons. The minimum absolute atomic E-state index is 0.504.